The van der Waals surface area contributed by atoms with Crippen LogP contribution in [0.2, 0.25) is 0 Å². The molecule has 0 aliphatic rings. The molecule has 1 atom stereocenters. The van der Waals surface area contributed by atoms with Crippen molar-refractivity contribution in [3.8, 4) is 0 Å². The molecule has 0 bridgehead atoms. The van der Waals surface area contributed by atoms with E-state index in [-0.39, 0.29) is 12.7 Å². The summed E-state index contributed by atoms with van der Waals surface area (Å²) in [5, 5.41) is 0. The number of hydrogen-bond acceptors (Lipinski definition) is 4. The van der Waals surface area contributed by atoms with Gasteiger partial charge < -0.3 is 4.74 Å². The Morgan fingerprint density at radius 1 is 1.31 bits per heavy atom. The van der Waals surface area contributed by atoms with Gasteiger partial charge in [0.15, 0.2) is 0 Å². The van der Waals surface area contributed by atoms with Crippen LogP contribution < -0.4 is 0 Å². The largest absolute Gasteiger partial charge is 0.378 e. The highest BCUT2D eigenvalue weighted by Crippen LogP contribution is 1.97. The van der Waals surface area contributed by atoms with Crippen LogP contribution in [-0.4, -0.2) is 34.0 Å². The van der Waals surface area contributed by atoms with Gasteiger partial charge >= 0.3 is 0 Å². The van der Waals surface area contributed by atoms with E-state index in [1.165, 1.54) is 0 Å². The van der Waals surface area contributed by atoms with Crippen molar-refractivity contribution in [1.29, 1.82) is 0 Å². The second-order valence-electron chi connectivity index (χ2n) is 2.97. The van der Waals surface area contributed by atoms with Crippen LogP contribution in [0.5, 0.6) is 0 Å². The van der Waals surface area contributed by atoms with Crippen molar-refractivity contribution in [1.82, 2.24) is 0 Å². The van der Waals surface area contributed by atoms with E-state index < -0.39 is 10.1 Å². The molecule has 0 aromatic rings. The highest BCUT2D eigenvalue weighted by Gasteiger charge is 2.01. The average molecular weight is 210 g/mol. The van der Waals surface area contributed by atoms with Crippen LogP contribution in [-0.2, 0) is 19.0 Å². The number of rotatable bonds is 7. The van der Waals surface area contributed by atoms with Gasteiger partial charge in [-0.15, -0.1) is 0 Å². The molecule has 4 nitrogen and oxygen atoms in total. The zero-order valence-electron chi connectivity index (χ0n) is 8.45. The molecule has 0 aliphatic heterocycles. The monoisotopic (exact) mass is 210 g/mol. The Morgan fingerprint density at radius 2 is 1.92 bits per heavy atom. The van der Waals surface area contributed by atoms with Crippen LogP contribution in [0.4, 0.5) is 0 Å². The molecule has 0 heterocycles. The Bertz CT molecular complexity index is 210. The van der Waals surface area contributed by atoms with Gasteiger partial charge in [-0.05, 0) is 19.8 Å². The zero-order valence-corrected chi connectivity index (χ0v) is 9.26. The standard InChI is InChI=1S/C8H18O4S/c1-4-8(2)11-6-5-7-12-13(3,9)10/h8H,4-7H2,1-3H3. The molecular weight excluding hydrogens is 192 g/mol. The Balaban J connectivity index is 3.27. The van der Waals surface area contributed by atoms with Crippen molar-refractivity contribution in [2.45, 2.75) is 32.8 Å². The van der Waals surface area contributed by atoms with E-state index >= 15 is 0 Å². The first kappa shape index (κ1) is 12.9. The lowest BCUT2D eigenvalue weighted by molar-refractivity contribution is 0.0559. The molecule has 80 valence electrons. The summed E-state index contributed by atoms with van der Waals surface area (Å²) in [5.41, 5.74) is 0. The van der Waals surface area contributed by atoms with E-state index in [0.717, 1.165) is 12.7 Å². The van der Waals surface area contributed by atoms with Gasteiger partial charge in [0.05, 0.1) is 19.0 Å². The Labute approximate surface area is 80.4 Å². The summed E-state index contributed by atoms with van der Waals surface area (Å²) in [5.74, 6) is 0. The van der Waals surface area contributed by atoms with Crippen LogP contribution >= 0.6 is 0 Å². The average Bonchev–Trinajstić information content (AvgIpc) is 2.01. The summed E-state index contributed by atoms with van der Waals surface area (Å²) in [6, 6.07) is 0. The second kappa shape index (κ2) is 6.34. The molecule has 0 radical (unpaired) electrons. The molecular formula is C8H18O4S. The van der Waals surface area contributed by atoms with Crippen LogP contribution in [0.3, 0.4) is 0 Å². The van der Waals surface area contributed by atoms with Crippen LogP contribution in [0, 0.1) is 0 Å². The molecule has 0 amide bonds. The van der Waals surface area contributed by atoms with Crippen LogP contribution in [0.1, 0.15) is 26.7 Å². The Hall–Kier alpha value is -0.130. The number of hydrogen-bond donors (Lipinski definition) is 0. The van der Waals surface area contributed by atoms with E-state index in [1.807, 2.05) is 13.8 Å². The predicted molar refractivity (Wildman–Crippen MR) is 51.1 cm³/mol. The molecule has 0 rings (SSSR count). The SMILES string of the molecule is CCC(C)OCCCOS(C)(=O)=O. The fourth-order valence-electron chi connectivity index (χ4n) is 0.672. The number of ether oxygens (including phenoxy) is 1. The third kappa shape index (κ3) is 9.79. The maximum Gasteiger partial charge on any atom is 0.264 e. The van der Waals surface area contributed by atoms with Crippen molar-refractivity contribution >= 4 is 10.1 Å². The minimum atomic E-state index is -3.29. The first-order chi connectivity index (χ1) is 5.95. The quantitative estimate of drug-likeness (QED) is 0.467. The molecule has 0 N–H and O–H groups in total. The van der Waals surface area contributed by atoms with Gasteiger partial charge in [0.1, 0.15) is 0 Å². The molecule has 0 aliphatic carbocycles. The third-order valence-corrected chi connectivity index (χ3v) is 2.16. The van der Waals surface area contributed by atoms with Gasteiger partial charge in [-0.1, -0.05) is 6.92 Å². The summed E-state index contributed by atoms with van der Waals surface area (Å²) in [4.78, 5) is 0. The highest BCUT2D eigenvalue weighted by atomic mass is 32.2. The summed E-state index contributed by atoms with van der Waals surface area (Å²) in [6.45, 7) is 4.77. The smallest absolute Gasteiger partial charge is 0.264 e. The van der Waals surface area contributed by atoms with E-state index in [0.29, 0.717) is 13.0 Å². The maximum absolute atomic E-state index is 10.5. The molecule has 0 aromatic carbocycles. The zero-order chi connectivity index (χ0) is 10.3. The van der Waals surface area contributed by atoms with Gasteiger partial charge in [0, 0.05) is 6.61 Å². The second-order valence-corrected chi connectivity index (χ2v) is 4.61. The Kier molecular flexibility index (Phi) is 6.28. The molecule has 1 unspecified atom stereocenters. The van der Waals surface area contributed by atoms with Crippen molar-refractivity contribution in [3.05, 3.63) is 0 Å². The summed E-state index contributed by atoms with van der Waals surface area (Å²) in [6.07, 6.45) is 2.85. The van der Waals surface area contributed by atoms with Crippen molar-refractivity contribution < 1.29 is 17.3 Å². The predicted octanol–water partition coefficient (Wildman–Crippen LogP) is 1.17. The first-order valence-electron chi connectivity index (χ1n) is 4.41. The van der Waals surface area contributed by atoms with Crippen molar-refractivity contribution in [2.24, 2.45) is 0 Å². The Morgan fingerprint density at radius 3 is 2.38 bits per heavy atom. The topological polar surface area (TPSA) is 52.6 Å². The molecule has 0 saturated carbocycles. The van der Waals surface area contributed by atoms with E-state index in [9.17, 15) is 8.42 Å². The van der Waals surface area contributed by atoms with Gasteiger partial charge in [-0.3, -0.25) is 4.18 Å². The molecule has 0 saturated heterocycles. The van der Waals surface area contributed by atoms with E-state index in [4.69, 9.17) is 4.74 Å². The summed E-state index contributed by atoms with van der Waals surface area (Å²) in [7, 11) is -3.29. The minimum Gasteiger partial charge on any atom is -0.378 e. The van der Waals surface area contributed by atoms with Gasteiger partial charge in [-0.2, -0.15) is 8.42 Å². The molecule has 5 heteroatoms. The fraction of sp³-hybridized carbons (Fsp3) is 1.00. The van der Waals surface area contributed by atoms with Crippen LogP contribution in [0.25, 0.3) is 0 Å². The lowest BCUT2D eigenvalue weighted by Gasteiger charge is -2.09. The molecule has 13 heavy (non-hydrogen) atoms. The van der Waals surface area contributed by atoms with Crippen molar-refractivity contribution in [2.75, 3.05) is 19.5 Å². The van der Waals surface area contributed by atoms with Gasteiger partial charge in [0.25, 0.3) is 10.1 Å². The summed E-state index contributed by atoms with van der Waals surface area (Å²) < 4.78 is 30.9. The minimum absolute atomic E-state index is 0.204. The van der Waals surface area contributed by atoms with Crippen molar-refractivity contribution in [3.63, 3.8) is 0 Å². The molecule has 0 spiro atoms. The third-order valence-electron chi connectivity index (χ3n) is 1.56. The van der Waals surface area contributed by atoms with Gasteiger partial charge in [-0.25, -0.2) is 0 Å². The summed E-state index contributed by atoms with van der Waals surface area (Å²) >= 11 is 0. The normalized spacial score (nSPS) is 14.4. The highest BCUT2D eigenvalue weighted by molar-refractivity contribution is 7.85. The van der Waals surface area contributed by atoms with Crippen LogP contribution in [0.15, 0.2) is 0 Å². The van der Waals surface area contributed by atoms with E-state index in [1.54, 1.807) is 0 Å². The molecule has 0 fully saturated rings. The van der Waals surface area contributed by atoms with E-state index in [2.05, 4.69) is 4.18 Å². The van der Waals surface area contributed by atoms with Gasteiger partial charge in [0.2, 0.25) is 0 Å². The molecule has 0 aromatic heterocycles. The lowest BCUT2D eigenvalue weighted by Crippen LogP contribution is -2.11. The first-order valence-corrected chi connectivity index (χ1v) is 6.23. The lowest BCUT2D eigenvalue weighted by atomic mass is 10.3. The maximum atomic E-state index is 10.5. The fourth-order valence-corrected chi connectivity index (χ4v) is 1.09.